The molecule has 0 atom stereocenters. The number of hydrogen-bond acceptors (Lipinski definition) is 2. The molecular formula is C9H6ClNO2. The molecule has 0 aromatic carbocycles. The van der Waals surface area contributed by atoms with Crippen molar-refractivity contribution in [3.8, 4) is 11.8 Å². The Morgan fingerprint density at radius 3 is 3.00 bits per heavy atom. The maximum absolute atomic E-state index is 10.8. The molecule has 0 aliphatic rings. The van der Waals surface area contributed by atoms with Gasteiger partial charge in [0.05, 0.1) is 6.42 Å². The molecule has 1 rings (SSSR count). The summed E-state index contributed by atoms with van der Waals surface area (Å²) in [5, 5.41) is 0.0953. The number of carbonyl (C=O) groups is 1. The molecule has 3 nitrogen and oxygen atoms in total. The van der Waals surface area contributed by atoms with Gasteiger partial charge in [-0.25, -0.2) is 0 Å². The standard InChI is InChI=1S/C9H6ClNO2/c10-8-5-7(3-1-2-4-12)6-11-9(8)13/h4-6H,2H2,(H,11,13). The fourth-order valence-electron chi connectivity index (χ4n) is 0.723. The third-order valence-electron chi connectivity index (χ3n) is 1.28. The fourth-order valence-corrected chi connectivity index (χ4v) is 0.895. The number of carbonyl (C=O) groups excluding carboxylic acids is 1. The molecular weight excluding hydrogens is 190 g/mol. The predicted octanol–water partition coefficient (Wildman–Crippen LogP) is 0.969. The summed E-state index contributed by atoms with van der Waals surface area (Å²) in [5.74, 6) is 5.28. The molecule has 0 radical (unpaired) electrons. The smallest absolute Gasteiger partial charge is 0.266 e. The first kappa shape index (κ1) is 9.56. The Morgan fingerprint density at radius 1 is 1.62 bits per heavy atom. The van der Waals surface area contributed by atoms with Crippen LogP contribution in [0.3, 0.4) is 0 Å². The van der Waals surface area contributed by atoms with Gasteiger partial charge in [0.15, 0.2) is 0 Å². The van der Waals surface area contributed by atoms with Crippen LogP contribution in [0, 0.1) is 11.8 Å². The lowest BCUT2D eigenvalue weighted by molar-refractivity contribution is -0.107. The van der Waals surface area contributed by atoms with Crippen molar-refractivity contribution in [2.75, 3.05) is 0 Å². The van der Waals surface area contributed by atoms with Crippen LogP contribution in [0.2, 0.25) is 5.02 Å². The normalized spacial score (nSPS) is 8.69. The molecule has 1 heterocycles. The van der Waals surface area contributed by atoms with E-state index in [1.54, 1.807) is 0 Å². The van der Waals surface area contributed by atoms with E-state index in [4.69, 9.17) is 11.6 Å². The molecule has 66 valence electrons. The highest BCUT2D eigenvalue weighted by Gasteiger charge is 1.94. The van der Waals surface area contributed by atoms with Crippen LogP contribution in [0.25, 0.3) is 0 Å². The zero-order valence-corrected chi connectivity index (χ0v) is 7.39. The van der Waals surface area contributed by atoms with Gasteiger partial charge in [0, 0.05) is 11.8 Å². The number of rotatable bonds is 1. The van der Waals surface area contributed by atoms with Crippen molar-refractivity contribution < 1.29 is 4.79 Å². The van der Waals surface area contributed by atoms with Gasteiger partial charge < -0.3 is 9.78 Å². The van der Waals surface area contributed by atoms with Gasteiger partial charge in [-0.05, 0) is 6.07 Å². The van der Waals surface area contributed by atoms with Crippen molar-refractivity contribution in [1.82, 2.24) is 4.98 Å². The van der Waals surface area contributed by atoms with Crippen molar-refractivity contribution in [2.45, 2.75) is 6.42 Å². The van der Waals surface area contributed by atoms with Gasteiger partial charge >= 0.3 is 0 Å². The van der Waals surface area contributed by atoms with Gasteiger partial charge in [0.25, 0.3) is 5.56 Å². The van der Waals surface area contributed by atoms with E-state index in [0.717, 1.165) is 0 Å². The molecule has 0 saturated carbocycles. The lowest BCUT2D eigenvalue weighted by atomic mass is 10.3. The number of aromatic amines is 1. The van der Waals surface area contributed by atoms with E-state index in [-0.39, 0.29) is 17.0 Å². The summed E-state index contributed by atoms with van der Waals surface area (Å²) in [7, 11) is 0. The van der Waals surface area contributed by atoms with Crippen LogP contribution in [-0.4, -0.2) is 11.3 Å². The molecule has 0 bridgehead atoms. The van der Waals surface area contributed by atoms with Gasteiger partial charge in [0.1, 0.15) is 11.3 Å². The van der Waals surface area contributed by atoms with E-state index in [1.807, 2.05) is 0 Å². The molecule has 0 unspecified atom stereocenters. The molecule has 0 aliphatic heterocycles. The third kappa shape index (κ3) is 2.77. The molecule has 1 aromatic rings. The topological polar surface area (TPSA) is 49.9 Å². The lowest BCUT2D eigenvalue weighted by Crippen LogP contribution is -2.04. The molecule has 0 spiro atoms. The molecule has 0 amide bonds. The zero-order chi connectivity index (χ0) is 9.68. The number of hydrogen-bond donors (Lipinski definition) is 1. The van der Waals surface area contributed by atoms with Gasteiger partial charge in [-0.1, -0.05) is 23.4 Å². The maximum atomic E-state index is 10.8. The number of H-pyrrole nitrogens is 1. The van der Waals surface area contributed by atoms with Gasteiger partial charge in [-0.15, -0.1) is 0 Å². The molecule has 0 aliphatic carbocycles. The zero-order valence-electron chi connectivity index (χ0n) is 6.63. The number of aromatic nitrogens is 1. The lowest BCUT2D eigenvalue weighted by Gasteiger charge is -1.89. The second kappa shape index (κ2) is 4.48. The van der Waals surface area contributed by atoms with Crippen LogP contribution >= 0.6 is 11.6 Å². The second-order valence-corrected chi connectivity index (χ2v) is 2.65. The van der Waals surface area contributed by atoms with E-state index in [9.17, 15) is 9.59 Å². The first-order chi connectivity index (χ1) is 6.24. The van der Waals surface area contributed by atoms with Crippen LogP contribution in [0.5, 0.6) is 0 Å². The Labute approximate surface area is 79.7 Å². The van der Waals surface area contributed by atoms with E-state index >= 15 is 0 Å². The second-order valence-electron chi connectivity index (χ2n) is 2.24. The van der Waals surface area contributed by atoms with Gasteiger partial charge in [-0.2, -0.15) is 0 Å². The number of pyridine rings is 1. The number of aldehydes is 1. The third-order valence-corrected chi connectivity index (χ3v) is 1.56. The minimum absolute atomic E-state index is 0.0953. The summed E-state index contributed by atoms with van der Waals surface area (Å²) in [6.07, 6.45) is 2.34. The van der Waals surface area contributed by atoms with Crippen molar-refractivity contribution in [3.63, 3.8) is 0 Å². The molecule has 13 heavy (non-hydrogen) atoms. The summed E-state index contributed by atoms with van der Waals surface area (Å²) < 4.78 is 0. The number of nitrogens with one attached hydrogen (secondary N) is 1. The van der Waals surface area contributed by atoms with Crippen LogP contribution in [-0.2, 0) is 4.79 Å². The van der Waals surface area contributed by atoms with Crippen molar-refractivity contribution >= 4 is 17.9 Å². The number of halogens is 1. The molecule has 0 fully saturated rings. The Kier molecular flexibility index (Phi) is 3.30. The summed E-state index contributed by atoms with van der Waals surface area (Å²) in [4.78, 5) is 23.2. The first-order valence-corrected chi connectivity index (χ1v) is 3.92. The van der Waals surface area contributed by atoms with Crippen molar-refractivity contribution in [2.24, 2.45) is 0 Å². The Hall–Kier alpha value is -1.53. The van der Waals surface area contributed by atoms with Crippen molar-refractivity contribution in [3.05, 3.63) is 33.2 Å². The summed E-state index contributed by atoms with van der Waals surface area (Å²) in [6.45, 7) is 0. The van der Waals surface area contributed by atoms with Crippen molar-refractivity contribution in [1.29, 1.82) is 0 Å². The SMILES string of the molecule is O=CCC#Cc1c[nH]c(=O)c(Cl)c1. The minimum Gasteiger partial charge on any atom is -0.327 e. The monoisotopic (exact) mass is 195 g/mol. The average molecular weight is 196 g/mol. The molecule has 1 aromatic heterocycles. The maximum Gasteiger partial charge on any atom is 0.266 e. The van der Waals surface area contributed by atoms with E-state index in [2.05, 4.69) is 16.8 Å². The first-order valence-electron chi connectivity index (χ1n) is 3.55. The summed E-state index contributed by atoms with van der Waals surface area (Å²) in [5.41, 5.74) is 0.244. The van der Waals surface area contributed by atoms with Crippen LogP contribution in [0.4, 0.5) is 0 Å². The Balaban J connectivity index is 2.93. The predicted molar refractivity (Wildman–Crippen MR) is 49.6 cm³/mol. The summed E-state index contributed by atoms with van der Waals surface area (Å²) in [6, 6.07) is 1.46. The quantitative estimate of drug-likeness (QED) is 0.536. The highest BCUT2D eigenvalue weighted by Crippen LogP contribution is 2.01. The average Bonchev–Trinajstić information content (AvgIpc) is 2.12. The minimum atomic E-state index is -0.345. The molecule has 4 heteroatoms. The van der Waals surface area contributed by atoms with E-state index in [0.29, 0.717) is 11.8 Å². The van der Waals surface area contributed by atoms with Crippen LogP contribution < -0.4 is 5.56 Å². The van der Waals surface area contributed by atoms with Gasteiger partial charge in [0.2, 0.25) is 0 Å². The largest absolute Gasteiger partial charge is 0.327 e. The summed E-state index contributed by atoms with van der Waals surface area (Å²) >= 11 is 5.55. The fraction of sp³-hybridized carbons (Fsp3) is 0.111. The van der Waals surface area contributed by atoms with Gasteiger partial charge in [-0.3, -0.25) is 4.79 Å². The van der Waals surface area contributed by atoms with E-state index < -0.39 is 0 Å². The van der Waals surface area contributed by atoms with E-state index in [1.165, 1.54) is 12.3 Å². The molecule has 0 saturated heterocycles. The van der Waals surface area contributed by atoms with Crippen LogP contribution in [0.15, 0.2) is 17.1 Å². The molecule has 1 N–H and O–H groups in total. The Morgan fingerprint density at radius 2 is 2.38 bits per heavy atom. The highest BCUT2D eigenvalue weighted by atomic mass is 35.5. The highest BCUT2D eigenvalue weighted by molar-refractivity contribution is 6.30. The van der Waals surface area contributed by atoms with Crippen LogP contribution in [0.1, 0.15) is 12.0 Å². The Bertz CT molecular complexity index is 425.